The number of hydrogen-bond donors (Lipinski definition) is 2. The van der Waals surface area contributed by atoms with Crippen molar-refractivity contribution in [1.82, 2.24) is 15.1 Å². The highest BCUT2D eigenvalue weighted by atomic mass is 16.4. The summed E-state index contributed by atoms with van der Waals surface area (Å²) in [5.41, 5.74) is 4.07. The molecule has 1 aromatic heterocycles. The van der Waals surface area contributed by atoms with E-state index in [1.54, 1.807) is 11.1 Å². The Hall–Kier alpha value is -2.83. The molecule has 2 aliphatic heterocycles. The molecule has 0 spiro atoms. The Morgan fingerprint density at radius 3 is 2.92 bits per heavy atom. The maximum atomic E-state index is 12.9. The number of carboxylic acid groups (broad SMARTS) is 1. The van der Waals surface area contributed by atoms with Gasteiger partial charge in [0.2, 0.25) is 5.91 Å². The van der Waals surface area contributed by atoms with E-state index in [0.29, 0.717) is 19.5 Å². The Morgan fingerprint density at radius 1 is 1.29 bits per heavy atom. The summed E-state index contributed by atoms with van der Waals surface area (Å²) in [6, 6.07) is 5.32. The average molecular weight is 326 g/mol. The van der Waals surface area contributed by atoms with E-state index in [0.717, 1.165) is 35.2 Å². The fourth-order valence-corrected chi connectivity index (χ4v) is 3.76. The van der Waals surface area contributed by atoms with Crippen molar-refractivity contribution in [2.45, 2.75) is 25.3 Å². The molecule has 0 saturated carbocycles. The molecule has 2 N–H and O–H groups in total. The summed E-state index contributed by atoms with van der Waals surface area (Å²) in [6.45, 7) is 1.02. The van der Waals surface area contributed by atoms with Crippen molar-refractivity contribution in [2.24, 2.45) is 0 Å². The molecule has 2 aliphatic rings. The van der Waals surface area contributed by atoms with Gasteiger partial charge in [0.25, 0.3) is 0 Å². The Labute approximate surface area is 138 Å². The molecule has 124 valence electrons. The third-order valence-corrected chi connectivity index (χ3v) is 4.89. The summed E-state index contributed by atoms with van der Waals surface area (Å²) in [6.07, 6.45) is 4.68. The first-order valence-corrected chi connectivity index (χ1v) is 8.09. The Balaban J connectivity index is 1.66. The molecule has 7 heteroatoms. The fraction of sp³-hybridized carbons (Fsp3) is 0.353. The molecule has 1 saturated heterocycles. The number of likely N-dealkylation sites (tertiary alicyclic amines) is 1. The highest BCUT2D eigenvalue weighted by Crippen LogP contribution is 2.37. The summed E-state index contributed by atoms with van der Waals surface area (Å²) in [5.74, 6) is -0.113. The average Bonchev–Trinajstić information content (AvgIpc) is 3.31. The van der Waals surface area contributed by atoms with E-state index in [1.807, 2.05) is 24.4 Å². The molecular formula is C17H18N4O3. The van der Waals surface area contributed by atoms with Crippen molar-refractivity contribution in [3.05, 3.63) is 36.2 Å². The highest BCUT2D eigenvalue weighted by Gasteiger charge is 2.39. The van der Waals surface area contributed by atoms with Gasteiger partial charge < -0.3 is 10.0 Å². The predicted molar refractivity (Wildman–Crippen MR) is 87.8 cm³/mol. The molecule has 2 aromatic rings. The largest absolute Gasteiger partial charge is 0.465 e. The lowest BCUT2D eigenvalue weighted by atomic mass is 10.0. The number of aromatic nitrogens is 2. The van der Waals surface area contributed by atoms with Crippen molar-refractivity contribution in [3.8, 4) is 11.1 Å². The second kappa shape index (κ2) is 5.67. The first kappa shape index (κ1) is 14.7. The van der Waals surface area contributed by atoms with Gasteiger partial charge >= 0.3 is 6.09 Å². The molecule has 2 amide bonds. The van der Waals surface area contributed by atoms with Crippen LogP contribution >= 0.6 is 0 Å². The van der Waals surface area contributed by atoms with E-state index >= 15 is 0 Å². The minimum absolute atomic E-state index is 0.113. The van der Waals surface area contributed by atoms with Crippen molar-refractivity contribution >= 4 is 17.7 Å². The van der Waals surface area contributed by atoms with Gasteiger partial charge in [-0.3, -0.25) is 14.8 Å². The summed E-state index contributed by atoms with van der Waals surface area (Å²) in [4.78, 5) is 27.3. The summed E-state index contributed by atoms with van der Waals surface area (Å²) >= 11 is 0. The van der Waals surface area contributed by atoms with Crippen molar-refractivity contribution in [1.29, 1.82) is 0 Å². The number of rotatable bonds is 2. The maximum absolute atomic E-state index is 12.9. The van der Waals surface area contributed by atoms with E-state index < -0.39 is 12.1 Å². The Morgan fingerprint density at radius 2 is 2.17 bits per heavy atom. The number of nitrogens with one attached hydrogen (secondary N) is 1. The molecule has 1 aromatic carbocycles. The third-order valence-electron chi connectivity index (χ3n) is 4.89. The lowest BCUT2D eigenvalue weighted by molar-refractivity contribution is -0.122. The van der Waals surface area contributed by atoms with Gasteiger partial charge in [-0.1, -0.05) is 12.1 Å². The van der Waals surface area contributed by atoms with Crippen LogP contribution < -0.4 is 4.90 Å². The van der Waals surface area contributed by atoms with E-state index in [4.69, 9.17) is 0 Å². The lowest BCUT2D eigenvalue weighted by Gasteiger charge is -2.26. The van der Waals surface area contributed by atoms with Crippen molar-refractivity contribution in [2.75, 3.05) is 18.0 Å². The van der Waals surface area contributed by atoms with E-state index in [1.165, 1.54) is 4.90 Å². The number of benzene rings is 1. The van der Waals surface area contributed by atoms with Gasteiger partial charge in [-0.2, -0.15) is 5.10 Å². The smallest absolute Gasteiger partial charge is 0.407 e. The van der Waals surface area contributed by atoms with Crippen molar-refractivity contribution < 1.29 is 14.7 Å². The van der Waals surface area contributed by atoms with Crippen LogP contribution in [0.15, 0.2) is 30.6 Å². The molecule has 0 radical (unpaired) electrons. The first-order chi connectivity index (χ1) is 11.7. The number of fused-ring (bicyclic) bond motifs is 1. The van der Waals surface area contributed by atoms with Crippen LogP contribution in [0.5, 0.6) is 0 Å². The predicted octanol–water partition coefficient (Wildman–Crippen LogP) is 2.11. The highest BCUT2D eigenvalue weighted by molar-refractivity contribution is 6.01. The zero-order valence-electron chi connectivity index (χ0n) is 13.1. The van der Waals surface area contributed by atoms with E-state index in [-0.39, 0.29) is 5.91 Å². The van der Waals surface area contributed by atoms with Crippen LogP contribution in [0.3, 0.4) is 0 Å². The topological polar surface area (TPSA) is 89.5 Å². The summed E-state index contributed by atoms with van der Waals surface area (Å²) in [7, 11) is 0. The van der Waals surface area contributed by atoms with E-state index in [9.17, 15) is 14.7 Å². The van der Waals surface area contributed by atoms with Crippen LogP contribution in [-0.2, 0) is 11.2 Å². The SMILES string of the molecule is O=C([C@@H]1CCCN1C(=O)O)N1CCc2c(-c3cn[nH]c3)cccc21. The second-order valence-electron chi connectivity index (χ2n) is 6.16. The number of aromatic amines is 1. The fourth-order valence-electron chi connectivity index (χ4n) is 3.76. The second-order valence-corrected chi connectivity index (χ2v) is 6.16. The van der Waals surface area contributed by atoms with Gasteiger partial charge in [0.1, 0.15) is 6.04 Å². The van der Waals surface area contributed by atoms with Crippen LogP contribution in [0.1, 0.15) is 18.4 Å². The van der Waals surface area contributed by atoms with Gasteiger partial charge in [-0.05, 0) is 36.5 Å². The zero-order valence-corrected chi connectivity index (χ0v) is 13.1. The monoisotopic (exact) mass is 326 g/mol. The lowest BCUT2D eigenvalue weighted by Crippen LogP contribution is -2.47. The van der Waals surface area contributed by atoms with Crippen molar-refractivity contribution in [3.63, 3.8) is 0 Å². The number of carbonyl (C=O) groups is 2. The quantitative estimate of drug-likeness (QED) is 0.884. The van der Waals surface area contributed by atoms with Gasteiger partial charge in [0, 0.05) is 30.5 Å². The van der Waals surface area contributed by atoms with Crippen LogP contribution in [0.25, 0.3) is 11.1 Å². The molecule has 1 atom stereocenters. The normalized spacial score (nSPS) is 19.6. The Bertz CT molecular complexity index is 787. The molecule has 0 unspecified atom stereocenters. The first-order valence-electron chi connectivity index (χ1n) is 8.09. The molecule has 1 fully saturated rings. The standard InChI is InChI=1S/C17H18N4O3/c22-16(15-5-2-7-21(15)17(23)24)20-8-6-13-12(3-1-4-14(13)20)11-9-18-19-10-11/h1,3-4,9-10,15H,2,5-8H2,(H,18,19)(H,23,24)/t15-/m0/s1. The molecule has 4 rings (SSSR count). The molecular weight excluding hydrogens is 308 g/mol. The number of amides is 2. The minimum Gasteiger partial charge on any atom is -0.465 e. The van der Waals surface area contributed by atoms with Crippen LogP contribution in [-0.4, -0.2) is 51.3 Å². The van der Waals surface area contributed by atoms with Gasteiger partial charge in [0.15, 0.2) is 0 Å². The maximum Gasteiger partial charge on any atom is 0.407 e. The number of H-pyrrole nitrogens is 1. The molecule has 3 heterocycles. The van der Waals surface area contributed by atoms with Crippen LogP contribution in [0.4, 0.5) is 10.5 Å². The van der Waals surface area contributed by atoms with E-state index in [2.05, 4.69) is 10.2 Å². The zero-order chi connectivity index (χ0) is 16.7. The van der Waals surface area contributed by atoms with Crippen LogP contribution in [0.2, 0.25) is 0 Å². The molecule has 24 heavy (non-hydrogen) atoms. The molecule has 0 aliphatic carbocycles. The van der Waals surface area contributed by atoms with Gasteiger partial charge in [-0.25, -0.2) is 4.79 Å². The summed E-state index contributed by atoms with van der Waals surface area (Å²) in [5, 5.41) is 16.1. The summed E-state index contributed by atoms with van der Waals surface area (Å²) < 4.78 is 0. The minimum atomic E-state index is -1.02. The number of hydrogen-bond acceptors (Lipinski definition) is 3. The number of nitrogens with zero attached hydrogens (tertiary/aromatic N) is 3. The molecule has 7 nitrogen and oxygen atoms in total. The van der Waals surface area contributed by atoms with Crippen LogP contribution in [0, 0.1) is 0 Å². The molecule has 0 bridgehead atoms. The number of anilines is 1. The van der Waals surface area contributed by atoms with Gasteiger partial charge in [0.05, 0.1) is 6.20 Å². The number of carbonyl (C=O) groups excluding carboxylic acids is 1. The Kier molecular flexibility index (Phi) is 3.48. The van der Waals surface area contributed by atoms with Gasteiger partial charge in [-0.15, -0.1) is 0 Å². The third kappa shape index (κ3) is 2.24.